The van der Waals surface area contributed by atoms with Crippen LogP contribution < -0.4 is 5.32 Å². The summed E-state index contributed by atoms with van der Waals surface area (Å²) in [6, 6.07) is -0.252. The largest absolute Gasteiger partial charge is 0.480 e. The van der Waals surface area contributed by atoms with E-state index in [0.29, 0.717) is 12.6 Å². The summed E-state index contributed by atoms with van der Waals surface area (Å²) in [5.41, 5.74) is 0. The van der Waals surface area contributed by atoms with E-state index < -0.39 is 12.0 Å². The van der Waals surface area contributed by atoms with Gasteiger partial charge in [0, 0.05) is 19.5 Å². The van der Waals surface area contributed by atoms with Gasteiger partial charge in [-0.05, 0) is 38.1 Å². The zero-order valence-corrected chi connectivity index (χ0v) is 11.6. The number of amides is 1. The molecule has 1 aliphatic carbocycles. The van der Waals surface area contributed by atoms with Gasteiger partial charge in [-0.2, -0.15) is 0 Å². The van der Waals surface area contributed by atoms with Gasteiger partial charge in [-0.25, -0.2) is 4.79 Å². The molecule has 2 rings (SSSR count). The van der Waals surface area contributed by atoms with E-state index in [-0.39, 0.29) is 5.91 Å². The van der Waals surface area contributed by atoms with Crippen molar-refractivity contribution in [1.82, 2.24) is 10.2 Å². The van der Waals surface area contributed by atoms with E-state index in [2.05, 4.69) is 10.2 Å². The molecule has 1 amide bonds. The number of carboxylic acids is 1. The monoisotopic (exact) mass is 268 g/mol. The van der Waals surface area contributed by atoms with E-state index in [1.165, 1.54) is 39.0 Å². The molecule has 0 aromatic heterocycles. The van der Waals surface area contributed by atoms with Crippen molar-refractivity contribution in [2.24, 2.45) is 5.92 Å². The predicted octanol–water partition coefficient (Wildman–Crippen LogP) is 1.23. The van der Waals surface area contributed by atoms with Crippen LogP contribution in [0.4, 0.5) is 0 Å². The molecule has 1 heterocycles. The summed E-state index contributed by atoms with van der Waals surface area (Å²) >= 11 is 0. The highest BCUT2D eigenvalue weighted by Gasteiger charge is 2.35. The molecule has 0 radical (unpaired) electrons. The molecule has 1 aliphatic heterocycles. The Labute approximate surface area is 114 Å². The third kappa shape index (κ3) is 3.69. The van der Waals surface area contributed by atoms with Gasteiger partial charge in [-0.1, -0.05) is 12.8 Å². The molecule has 2 atom stereocenters. The van der Waals surface area contributed by atoms with Crippen LogP contribution in [-0.2, 0) is 9.59 Å². The molecule has 19 heavy (non-hydrogen) atoms. The minimum absolute atomic E-state index is 0.274. The molecular formula is C14H24N2O3. The third-order valence-electron chi connectivity index (χ3n) is 4.45. The second kappa shape index (κ2) is 6.37. The zero-order valence-electron chi connectivity index (χ0n) is 11.6. The van der Waals surface area contributed by atoms with Crippen molar-refractivity contribution in [3.05, 3.63) is 0 Å². The molecule has 0 spiro atoms. The fraction of sp³-hybridized carbons (Fsp3) is 0.857. The molecule has 5 heteroatoms. The summed E-state index contributed by atoms with van der Waals surface area (Å²) in [6.07, 6.45) is 7.49. The summed E-state index contributed by atoms with van der Waals surface area (Å²) in [5.74, 6) is -0.481. The molecule has 108 valence electrons. The Hall–Kier alpha value is -1.10. The smallest absolute Gasteiger partial charge is 0.327 e. The number of nitrogens with zero attached hydrogens (tertiary/aromatic N) is 1. The van der Waals surface area contributed by atoms with Gasteiger partial charge in [0.2, 0.25) is 5.91 Å². The maximum atomic E-state index is 11.2. The number of nitrogens with one attached hydrogen (secondary N) is 1. The maximum Gasteiger partial charge on any atom is 0.327 e. The first kappa shape index (κ1) is 14.3. The van der Waals surface area contributed by atoms with E-state index >= 15 is 0 Å². The Bertz CT molecular complexity index is 340. The molecule has 2 fully saturated rings. The highest BCUT2D eigenvalue weighted by atomic mass is 16.4. The molecule has 5 nitrogen and oxygen atoms in total. The van der Waals surface area contributed by atoms with Gasteiger partial charge in [0.15, 0.2) is 0 Å². The van der Waals surface area contributed by atoms with Gasteiger partial charge in [0.05, 0.1) is 0 Å². The van der Waals surface area contributed by atoms with Gasteiger partial charge in [0.1, 0.15) is 6.04 Å². The topological polar surface area (TPSA) is 69.6 Å². The minimum atomic E-state index is -0.938. The van der Waals surface area contributed by atoms with Crippen molar-refractivity contribution in [3.8, 4) is 0 Å². The Balaban J connectivity index is 1.94. The van der Waals surface area contributed by atoms with Crippen molar-refractivity contribution in [2.45, 2.75) is 57.5 Å². The Morgan fingerprint density at radius 2 is 1.95 bits per heavy atom. The lowest BCUT2D eigenvalue weighted by molar-refractivity contribution is -0.142. The molecule has 0 aromatic rings. The van der Waals surface area contributed by atoms with Crippen LogP contribution in [-0.4, -0.2) is 47.1 Å². The number of carbonyl (C=O) groups is 2. The number of carboxylic acid groups (broad SMARTS) is 1. The first-order valence-corrected chi connectivity index (χ1v) is 7.32. The standard InChI is InChI=1S/C14H24N2O3/c1-10(17)15-12(14(18)19)9-16-8-4-7-13(16)11-5-2-3-6-11/h11-13H,2-9H2,1H3,(H,15,17)(H,18,19). The highest BCUT2D eigenvalue weighted by Crippen LogP contribution is 2.35. The van der Waals surface area contributed by atoms with Crippen molar-refractivity contribution in [3.63, 3.8) is 0 Å². The lowest BCUT2D eigenvalue weighted by Crippen LogP contribution is -2.50. The van der Waals surface area contributed by atoms with E-state index in [0.717, 1.165) is 18.9 Å². The number of hydrogen-bond donors (Lipinski definition) is 2. The average molecular weight is 268 g/mol. The first-order valence-electron chi connectivity index (χ1n) is 7.32. The minimum Gasteiger partial charge on any atom is -0.480 e. The second-order valence-corrected chi connectivity index (χ2v) is 5.84. The predicted molar refractivity (Wildman–Crippen MR) is 71.8 cm³/mol. The first-order chi connectivity index (χ1) is 9.08. The maximum absolute atomic E-state index is 11.2. The molecule has 2 N–H and O–H groups in total. The van der Waals surface area contributed by atoms with Crippen LogP contribution in [0.5, 0.6) is 0 Å². The van der Waals surface area contributed by atoms with Gasteiger partial charge < -0.3 is 10.4 Å². The number of rotatable bonds is 5. The lowest BCUT2D eigenvalue weighted by atomic mass is 9.96. The van der Waals surface area contributed by atoms with Crippen molar-refractivity contribution in [2.75, 3.05) is 13.1 Å². The lowest BCUT2D eigenvalue weighted by Gasteiger charge is -2.31. The van der Waals surface area contributed by atoms with E-state index in [1.807, 2.05) is 0 Å². The highest BCUT2D eigenvalue weighted by molar-refractivity contribution is 5.82. The Morgan fingerprint density at radius 3 is 2.53 bits per heavy atom. The zero-order chi connectivity index (χ0) is 13.8. The summed E-state index contributed by atoms with van der Waals surface area (Å²) in [4.78, 5) is 24.6. The number of carbonyl (C=O) groups excluding carboxylic acids is 1. The van der Waals surface area contributed by atoms with E-state index in [4.69, 9.17) is 0 Å². The third-order valence-corrected chi connectivity index (χ3v) is 4.45. The van der Waals surface area contributed by atoms with Crippen LogP contribution in [0.15, 0.2) is 0 Å². The van der Waals surface area contributed by atoms with Gasteiger partial charge in [0.25, 0.3) is 0 Å². The fourth-order valence-electron chi connectivity index (χ4n) is 3.62. The fourth-order valence-corrected chi connectivity index (χ4v) is 3.62. The number of likely N-dealkylation sites (tertiary alicyclic amines) is 1. The molecule has 0 bridgehead atoms. The van der Waals surface area contributed by atoms with Gasteiger partial charge >= 0.3 is 5.97 Å². The van der Waals surface area contributed by atoms with Crippen molar-refractivity contribution >= 4 is 11.9 Å². The quantitative estimate of drug-likeness (QED) is 0.787. The van der Waals surface area contributed by atoms with E-state index in [9.17, 15) is 14.7 Å². The second-order valence-electron chi connectivity index (χ2n) is 5.84. The normalized spacial score (nSPS) is 26.5. The summed E-state index contributed by atoms with van der Waals surface area (Å²) < 4.78 is 0. The van der Waals surface area contributed by atoms with Gasteiger partial charge in [-0.3, -0.25) is 9.69 Å². The summed E-state index contributed by atoms with van der Waals surface area (Å²) in [6.45, 7) is 2.77. The average Bonchev–Trinajstić information content (AvgIpc) is 2.96. The van der Waals surface area contributed by atoms with Crippen LogP contribution in [0, 0.1) is 5.92 Å². The summed E-state index contributed by atoms with van der Waals surface area (Å²) in [5, 5.41) is 11.7. The molecular weight excluding hydrogens is 244 g/mol. The van der Waals surface area contributed by atoms with Gasteiger partial charge in [-0.15, -0.1) is 0 Å². The number of aliphatic carboxylic acids is 1. The Kier molecular flexibility index (Phi) is 4.80. The van der Waals surface area contributed by atoms with Crippen molar-refractivity contribution < 1.29 is 14.7 Å². The van der Waals surface area contributed by atoms with E-state index in [1.54, 1.807) is 0 Å². The van der Waals surface area contributed by atoms with Crippen LogP contribution in [0.2, 0.25) is 0 Å². The molecule has 0 aromatic carbocycles. The molecule has 2 aliphatic rings. The SMILES string of the molecule is CC(=O)NC(CN1CCCC1C1CCCC1)C(=O)O. The van der Waals surface area contributed by atoms with Crippen LogP contribution in [0.25, 0.3) is 0 Å². The molecule has 2 unspecified atom stereocenters. The van der Waals surface area contributed by atoms with Crippen molar-refractivity contribution in [1.29, 1.82) is 0 Å². The van der Waals surface area contributed by atoms with Crippen LogP contribution >= 0.6 is 0 Å². The number of hydrogen-bond acceptors (Lipinski definition) is 3. The Morgan fingerprint density at radius 1 is 1.26 bits per heavy atom. The van der Waals surface area contributed by atoms with Crippen LogP contribution in [0.1, 0.15) is 45.4 Å². The summed E-state index contributed by atoms with van der Waals surface area (Å²) in [7, 11) is 0. The molecule has 1 saturated carbocycles. The molecule has 1 saturated heterocycles. The van der Waals surface area contributed by atoms with Crippen LogP contribution in [0.3, 0.4) is 0 Å².